The van der Waals surface area contributed by atoms with Gasteiger partial charge in [0.25, 0.3) is 5.91 Å². The number of nitrogens with one attached hydrogen (secondary N) is 1. The summed E-state index contributed by atoms with van der Waals surface area (Å²) < 4.78 is 17.8. The van der Waals surface area contributed by atoms with Gasteiger partial charge in [-0.05, 0) is 51.1 Å². The molecule has 31 heavy (non-hydrogen) atoms. The van der Waals surface area contributed by atoms with E-state index in [0.717, 1.165) is 0 Å². The fourth-order valence-electron chi connectivity index (χ4n) is 2.96. The van der Waals surface area contributed by atoms with Crippen molar-refractivity contribution < 1.29 is 23.8 Å². The second kappa shape index (κ2) is 10.3. The molecule has 2 aromatic carbocycles. The first kappa shape index (κ1) is 21.9. The van der Waals surface area contributed by atoms with Crippen molar-refractivity contribution >= 4 is 17.7 Å². The molecular weight excluding hydrogens is 398 g/mol. The summed E-state index contributed by atoms with van der Waals surface area (Å²) in [5.74, 6) is 0.261. The van der Waals surface area contributed by atoms with Crippen molar-refractivity contribution in [2.24, 2.45) is 0 Å². The first-order valence-corrected chi connectivity index (χ1v) is 10.1. The number of amides is 1. The van der Waals surface area contributed by atoms with E-state index < -0.39 is 11.9 Å². The van der Waals surface area contributed by atoms with Gasteiger partial charge < -0.3 is 19.5 Å². The number of anilines is 1. The van der Waals surface area contributed by atoms with Crippen LogP contribution >= 0.6 is 0 Å². The molecule has 0 radical (unpaired) electrons. The molecule has 0 unspecified atom stereocenters. The second-order valence-corrected chi connectivity index (χ2v) is 6.36. The van der Waals surface area contributed by atoms with Crippen LogP contribution in [0.2, 0.25) is 0 Å². The lowest BCUT2D eigenvalue weighted by molar-refractivity contribution is 0.0527. The minimum absolute atomic E-state index is 0.162. The van der Waals surface area contributed by atoms with E-state index in [1.54, 1.807) is 25.1 Å². The lowest BCUT2D eigenvalue weighted by Gasteiger charge is -2.14. The quantitative estimate of drug-likeness (QED) is 0.521. The molecule has 0 spiro atoms. The highest BCUT2D eigenvalue weighted by atomic mass is 16.5. The molecule has 0 saturated carbocycles. The number of para-hydroxylation sites is 1. The molecule has 8 heteroatoms. The molecule has 0 atom stereocenters. The van der Waals surface area contributed by atoms with Crippen LogP contribution in [0.15, 0.2) is 54.7 Å². The Balaban J connectivity index is 1.97. The molecule has 0 aliphatic carbocycles. The van der Waals surface area contributed by atoms with Crippen LogP contribution in [0.4, 0.5) is 5.82 Å². The van der Waals surface area contributed by atoms with Gasteiger partial charge in [0.15, 0.2) is 17.3 Å². The van der Waals surface area contributed by atoms with Crippen molar-refractivity contribution in [2.45, 2.75) is 20.8 Å². The highest BCUT2D eigenvalue weighted by Crippen LogP contribution is 2.29. The van der Waals surface area contributed by atoms with Gasteiger partial charge in [-0.15, -0.1) is 0 Å². The fraction of sp³-hybridized carbons (Fsp3) is 0.261. The molecular formula is C23H25N3O5. The minimum atomic E-state index is -0.568. The van der Waals surface area contributed by atoms with Crippen molar-refractivity contribution in [1.29, 1.82) is 0 Å². The van der Waals surface area contributed by atoms with Gasteiger partial charge in [-0.3, -0.25) is 4.79 Å². The Labute approximate surface area is 180 Å². The third-order valence-electron chi connectivity index (χ3n) is 4.30. The Morgan fingerprint density at radius 1 is 0.935 bits per heavy atom. The van der Waals surface area contributed by atoms with Gasteiger partial charge in [0.1, 0.15) is 5.56 Å². The maximum atomic E-state index is 13.1. The summed E-state index contributed by atoms with van der Waals surface area (Å²) in [5, 5.41) is 7.08. The van der Waals surface area contributed by atoms with Crippen molar-refractivity contribution in [3.05, 3.63) is 65.9 Å². The van der Waals surface area contributed by atoms with Crippen LogP contribution < -0.4 is 14.8 Å². The predicted molar refractivity (Wildman–Crippen MR) is 116 cm³/mol. The van der Waals surface area contributed by atoms with E-state index in [1.807, 2.05) is 44.2 Å². The first-order valence-electron chi connectivity index (χ1n) is 10.1. The molecule has 0 saturated heterocycles. The van der Waals surface area contributed by atoms with Crippen LogP contribution in [0, 0.1) is 0 Å². The third-order valence-corrected chi connectivity index (χ3v) is 4.30. The van der Waals surface area contributed by atoms with E-state index >= 15 is 0 Å². The zero-order valence-electron chi connectivity index (χ0n) is 17.8. The number of hydrogen-bond donors (Lipinski definition) is 1. The van der Waals surface area contributed by atoms with Crippen molar-refractivity contribution in [3.8, 4) is 17.2 Å². The van der Waals surface area contributed by atoms with Gasteiger partial charge in [-0.1, -0.05) is 18.2 Å². The Bertz CT molecular complexity index is 1050. The Morgan fingerprint density at radius 3 is 2.32 bits per heavy atom. The zero-order chi connectivity index (χ0) is 22.2. The van der Waals surface area contributed by atoms with E-state index in [1.165, 1.54) is 10.9 Å². The predicted octanol–water partition coefficient (Wildman–Crippen LogP) is 4.10. The number of carbonyl (C=O) groups excluding carboxylic acids is 2. The molecule has 0 fully saturated rings. The van der Waals surface area contributed by atoms with Gasteiger partial charge >= 0.3 is 5.97 Å². The van der Waals surface area contributed by atoms with Crippen LogP contribution in [-0.2, 0) is 4.74 Å². The van der Waals surface area contributed by atoms with Crippen LogP contribution in [-0.4, -0.2) is 41.5 Å². The van der Waals surface area contributed by atoms with E-state index in [9.17, 15) is 9.59 Å². The molecule has 1 N–H and O–H groups in total. The topological polar surface area (TPSA) is 91.7 Å². The lowest BCUT2D eigenvalue weighted by atomic mass is 10.2. The standard InChI is InChI=1S/C23H25N3O5/c1-4-29-19-13-12-16(14-20(19)30-5-2)22(27)25-21-18(23(28)31-6-3)15-24-26(21)17-10-8-7-9-11-17/h7-15H,4-6H2,1-3H3,(H,25,27). The van der Waals surface area contributed by atoms with E-state index in [2.05, 4.69) is 10.4 Å². The highest BCUT2D eigenvalue weighted by Gasteiger charge is 2.22. The fourth-order valence-corrected chi connectivity index (χ4v) is 2.96. The molecule has 0 aliphatic heterocycles. The van der Waals surface area contributed by atoms with E-state index in [0.29, 0.717) is 36.0 Å². The number of hydrogen-bond acceptors (Lipinski definition) is 6. The zero-order valence-corrected chi connectivity index (χ0v) is 17.8. The lowest BCUT2D eigenvalue weighted by Crippen LogP contribution is -2.18. The van der Waals surface area contributed by atoms with Gasteiger partial charge in [-0.25, -0.2) is 9.48 Å². The average Bonchev–Trinajstić information content (AvgIpc) is 3.19. The summed E-state index contributed by atoms with van der Waals surface area (Å²) in [6.45, 7) is 6.56. The monoisotopic (exact) mass is 423 g/mol. The highest BCUT2D eigenvalue weighted by molar-refractivity contribution is 6.07. The minimum Gasteiger partial charge on any atom is -0.490 e. The van der Waals surface area contributed by atoms with Gasteiger partial charge in [0.05, 0.1) is 31.7 Å². The maximum Gasteiger partial charge on any atom is 0.343 e. The first-order chi connectivity index (χ1) is 15.1. The third kappa shape index (κ3) is 5.03. The molecule has 1 aromatic heterocycles. The molecule has 3 rings (SSSR count). The van der Waals surface area contributed by atoms with E-state index in [4.69, 9.17) is 14.2 Å². The molecule has 8 nitrogen and oxygen atoms in total. The number of esters is 1. The summed E-state index contributed by atoms with van der Waals surface area (Å²) in [5.41, 5.74) is 1.20. The molecule has 0 bridgehead atoms. The van der Waals surface area contributed by atoms with Crippen LogP contribution in [0.3, 0.4) is 0 Å². The number of carbonyl (C=O) groups is 2. The molecule has 3 aromatic rings. The summed E-state index contributed by atoms with van der Waals surface area (Å²) in [6.07, 6.45) is 1.38. The summed E-state index contributed by atoms with van der Waals surface area (Å²) in [4.78, 5) is 25.5. The smallest absolute Gasteiger partial charge is 0.343 e. The number of nitrogens with zero attached hydrogens (tertiary/aromatic N) is 2. The molecule has 1 heterocycles. The Kier molecular flexibility index (Phi) is 7.26. The molecule has 0 aliphatic rings. The Hall–Kier alpha value is -3.81. The molecule has 1 amide bonds. The summed E-state index contributed by atoms with van der Waals surface area (Å²) in [6, 6.07) is 14.1. The summed E-state index contributed by atoms with van der Waals surface area (Å²) in [7, 11) is 0. The van der Waals surface area contributed by atoms with Gasteiger partial charge in [-0.2, -0.15) is 5.10 Å². The molecule has 162 valence electrons. The number of aromatic nitrogens is 2. The summed E-state index contributed by atoms with van der Waals surface area (Å²) >= 11 is 0. The largest absolute Gasteiger partial charge is 0.490 e. The van der Waals surface area contributed by atoms with Crippen molar-refractivity contribution in [3.63, 3.8) is 0 Å². The number of rotatable bonds is 9. The normalized spacial score (nSPS) is 10.4. The van der Waals surface area contributed by atoms with Crippen LogP contribution in [0.5, 0.6) is 11.5 Å². The average molecular weight is 423 g/mol. The van der Waals surface area contributed by atoms with Crippen LogP contribution in [0.1, 0.15) is 41.5 Å². The van der Waals surface area contributed by atoms with Gasteiger partial charge in [0.2, 0.25) is 0 Å². The van der Waals surface area contributed by atoms with Gasteiger partial charge in [0, 0.05) is 5.56 Å². The van der Waals surface area contributed by atoms with E-state index in [-0.39, 0.29) is 18.0 Å². The van der Waals surface area contributed by atoms with Crippen LogP contribution in [0.25, 0.3) is 5.69 Å². The number of ether oxygens (including phenoxy) is 3. The van der Waals surface area contributed by atoms with Crippen molar-refractivity contribution in [1.82, 2.24) is 9.78 Å². The second-order valence-electron chi connectivity index (χ2n) is 6.36. The maximum absolute atomic E-state index is 13.1. The number of benzene rings is 2. The van der Waals surface area contributed by atoms with Crippen molar-refractivity contribution in [2.75, 3.05) is 25.1 Å². The Morgan fingerprint density at radius 2 is 1.65 bits per heavy atom. The SMILES string of the molecule is CCOC(=O)c1cnn(-c2ccccc2)c1NC(=O)c1ccc(OCC)c(OCC)c1.